The van der Waals surface area contributed by atoms with E-state index < -0.39 is 10.0 Å². The van der Waals surface area contributed by atoms with E-state index in [9.17, 15) is 13.2 Å². The van der Waals surface area contributed by atoms with Crippen LogP contribution < -0.4 is 9.62 Å². The smallest absolute Gasteiger partial charge is 0.264 e. The van der Waals surface area contributed by atoms with Crippen LogP contribution in [-0.4, -0.2) is 27.4 Å². The second-order valence-electron chi connectivity index (χ2n) is 8.55. The Kier molecular flexibility index (Phi) is 7.92. The molecule has 0 saturated heterocycles. The number of hydrogen-bond acceptors (Lipinski definition) is 3. The Labute approximate surface area is 197 Å². The Bertz CT molecular complexity index is 1200. The predicted octanol–water partition coefficient (Wildman–Crippen LogP) is 4.86. The molecule has 3 aromatic rings. The van der Waals surface area contributed by atoms with Crippen molar-refractivity contribution in [2.24, 2.45) is 0 Å². The van der Waals surface area contributed by atoms with Crippen molar-refractivity contribution in [2.75, 3.05) is 17.4 Å². The third-order valence-electron chi connectivity index (χ3n) is 5.61. The highest BCUT2D eigenvalue weighted by atomic mass is 32.2. The molecule has 0 aliphatic heterocycles. The van der Waals surface area contributed by atoms with E-state index in [2.05, 4.69) is 36.5 Å². The Morgan fingerprint density at radius 3 is 2.03 bits per heavy atom. The highest BCUT2D eigenvalue weighted by molar-refractivity contribution is 7.92. The van der Waals surface area contributed by atoms with E-state index in [0.717, 1.165) is 29.5 Å². The van der Waals surface area contributed by atoms with Gasteiger partial charge in [-0.15, -0.1) is 0 Å². The average molecular weight is 465 g/mol. The second-order valence-corrected chi connectivity index (χ2v) is 10.4. The molecule has 0 saturated carbocycles. The highest BCUT2D eigenvalue weighted by Gasteiger charge is 2.28. The number of carbonyl (C=O) groups is 1. The zero-order chi connectivity index (χ0) is 24.0. The number of hydrogen-bond donors (Lipinski definition) is 1. The molecular weight excluding hydrogens is 432 g/mol. The Hall–Kier alpha value is -3.12. The summed E-state index contributed by atoms with van der Waals surface area (Å²) in [6.45, 7) is 7.93. The second kappa shape index (κ2) is 10.7. The van der Waals surface area contributed by atoms with Crippen LogP contribution in [0.1, 0.15) is 34.2 Å². The van der Waals surface area contributed by atoms with Gasteiger partial charge < -0.3 is 5.32 Å². The topological polar surface area (TPSA) is 66.5 Å². The predicted molar refractivity (Wildman–Crippen MR) is 134 cm³/mol. The van der Waals surface area contributed by atoms with Gasteiger partial charge >= 0.3 is 0 Å². The lowest BCUT2D eigenvalue weighted by atomic mass is 10.1. The van der Waals surface area contributed by atoms with Crippen LogP contribution in [0, 0.1) is 27.7 Å². The number of sulfonamides is 1. The maximum atomic E-state index is 13.5. The summed E-state index contributed by atoms with van der Waals surface area (Å²) in [5.74, 6) is -0.324. The number of amides is 1. The fourth-order valence-corrected chi connectivity index (χ4v) is 5.06. The molecule has 1 N–H and O–H groups in total. The average Bonchev–Trinajstić information content (AvgIpc) is 2.78. The zero-order valence-electron chi connectivity index (χ0n) is 19.8. The maximum absolute atomic E-state index is 13.5. The first kappa shape index (κ1) is 24.5. The van der Waals surface area contributed by atoms with Gasteiger partial charge in [-0.05, 0) is 75.4 Å². The molecule has 0 aromatic heterocycles. The first-order chi connectivity index (χ1) is 15.7. The third kappa shape index (κ3) is 6.45. The minimum Gasteiger partial charge on any atom is -0.355 e. The van der Waals surface area contributed by atoms with Gasteiger partial charge in [-0.1, -0.05) is 59.7 Å². The number of anilines is 1. The van der Waals surface area contributed by atoms with E-state index in [1.54, 1.807) is 24.3 Å². The van der Waals surface area contributed by atoms with E-state index in [4.69, 9.17) is 0 Å². The van der Waals surface area contributed by atoms with Crippen LogP contribution in [0.25, 0.3) is 0 Å². The van der Waals surface area contributed by atoms with Gasteiger partial charge in [-0.2, -0.15) is 0 Å². The summed E-state index contributed by atoms with van der Waals surface area (Å²) in [7, 11) is -3.91. The summed E-state index contributed by atoms with van der Waals surface area (Å²) in [5, 5.41) is 2.89. The van der Waals surface area contributed by atoms with Crippen LogP contribution in [0.4, 0.5) is 5.69 Å². The van der Waals surface area contributed by atoms with Crippen molar-refractivity contribution in [1.82, 2.24) is 5.32 Å². The van der Waals surface area contributed by atoms with Gasteiger partial charge in [0, 0.05) is 6.54 Å². The molecule has 0 fully saturated rings. The summed E-state index contributed by atoms with van der Waals surface area (Å²) in [6.07, 6.45) is 1.63. The van der Waals surface area contributed by atoms with Crippen molar-refractivity contribution in [3.63, 3.8) is 0 Å². The number of nitrogens with zero attached hydrogens (tertiary/aromatic N) is 1. The van der Waals surface area contributed by atoms with E-state index in [-0.39, 0.29) is 17.3 Å². The lowest BCUT2D eigenvalue weighted by Gasteiger charge is -2.26. The van der Waals surface area contributed by atoms with E-state index in [0.29, 0.717) is 12.2 Å². The number of aryl methyl sites for hydroxylation is 5. The molecule has 0 aliphatic rings. The van der Waals surface area contributed by atoms with Crippen molar-refractivity contribution >= 4 is 21.6 Å². The van der Waals surface area contributed by atoms with Gasteiger partial charge in [-0.25, -0.2) is 8.42 Å². The number of nitrogens with one attached hydrogen (secondary N) is 1. The SMILES string of the molecule is Cc1ccc(CCCNC(=O)CN(c2cc(C)ccc2C)S(=O)(=O)c2ccc(C)cc2)cc1. The summed E-state index contributed by atoms with van der Waals surface area (Å²) in [6, 6.07) is 20.6. The lowest BCUT2D eigenvalue weighted by molar-refractivity contribution is -0.119. The minimum absolute atomic E-state index is 0.168. The zero-order valence-corrected chi connectivity index (χ0v) is 20.6. The van der Waals surface area contributed by atoms with E-state index in [1.165, 1.54) is 15.4 Å². The number of carbonyl (C=O) groups excluding carboxylic acids is 1. The molecular formula is C27H32N2O3S. The van der Waals surface area contributed by atoms with E-state index in [1.807, 2.05) is 39.0 Å². The molecule has 174 valence electrons. The fraction of sp³-hybridized carbons (Fsp3) is 0.296. The molecule has 1 amide bonds. The highest BCUT2D eigenvalue weighted by Crippen LogP contribution is 2.28. The Morgan fingerprint density at radius 2 is 1.39 bits per heavy atom. The molecule has 6 heteroatoms. The van der Waals surface area contributed by atoms with Crippen molar-refractivity contribution < 1.29 is 13.2 Å². The van der Waals surface area contributed by atoms with Crippen LogP contribution >= 0.6 is 0 Å². The number of benzene rings is 3. The van der Waals surface area contributed by atoms with Crippen LogP contribution in [0.15, 0.2) is 71.6 Å². The molecule has 0 unspecified atom stereocenters. The van der Waals surface area contributed by atoms with Crippen molar-refractivity contribution in [3.8, 4) is 0 Å². The minimum atomic E-state index is -3.91. The van der Waals surface area contributed by atoms with Crippen molar-refractivity contribution in [2.45, 2.75) is 45.4 Å². The van der Waals surface area contributed by atoms with Gasteiger partial charge in [0.2, 0.25) is 5.91 Å². The van der Waals surface area contributed by atoms with Gasteiger partial charge in [0.1, 0.15) is 6.54 Å². The summed E-state index contributed by atoms with van der Waals surface area (Å²) < 4.78 is 28.3. The summed E-state index contributed by atoms with van der Waals surface area (Å²) in [5.41, 5.74) is 5.65. The number of rotatable bonds is 9. The quantitative estimate of drug-likeness (QED) is 0.460. The van der Waals surface area contributed by atoms with E-state index >= 15 is 0 Å². The van der Waals surface area contributed by atoms with Gasteiger partial charge in [0.25, 0.3) is 10.0 Å². The molecule has 0 bridgehead atoms. The first-order valence-electron chi connectivity index (χ1n) is 11.2. The molecule has 0 radical (unpaired) electrons. The first-order valence-corrected chi connectivity index (χ1v) is 12.6. The van der Waals surface area contributed by atoms with Gasteiger partial charge in [0.15, 0.2) is 0 Å². The molecule has 0 atom stereocenters. The fourth-order valence-electron chi connectivity index (χ4n) is 3.59. The van der Waals surface area contributed by atoms with Crippen LogP contribution in [-0.2, 0) is 21.2 Å². The molecule has 0 aliphatic carbocycles. The standard InChI is InChI=1S/C27H32N2O3S/c1-20-8-13-24(14-9-20)6-5-17-28-27(30)19-29(26-18-22(3)7-12-23(26)4)33(31,32)25-15-10-21(2)11-16-25/h7-16,18H,5-6,17,19H2,1-4H3,(H,28,30). The van der Waals surface area contributed by atoms with Gasteiger partial charge in [0.05, 0.1) is 10.6 Å². The normalized spacial score (nSPS) is 11.3. The third-order valence-corrected chi connectivity index (χ3v) is 7.39. The Morgan fingerprint density at radius 1 is 0.818 bits per heavy atom. The molecule has 3 rings (SSSR count). The monoisotopic (exact) mass is 464 g/mol. The largest absolute Gasteiger partial charge is 0.355 e. The molecule has 3 aromatic carbocycles. The lowest BCUT2D eigenvalue weighted by Crippen LogP contribution is -2.41. The maximum Gasteiger partial charge on any atom is 0.264 e. The summed E-state index contributed by atoms with van der Waals surface area (Å²) in [4.78, 5) is 13.0. The molecule has 0 heterocycles. The molecule has 33 heavy (non-hydrogen) atoms. The molecule has 5 nitrogen and oxygen atoms in total. The summed E-state index contributed by atoms with van der Waals surface area (Å²) >= 11 is 0. The molecule has 0 spiro atoms. The van der Waals surface area contributed by atoms with Crippen LogP contribution in [0.2, 0.25) is 0 Å². The van der Waals surface area contributed by atoms with Crippen molar-refractivity contribution in [3.05, 3.63) is 94.5 Å². The van der Waals surface area contributed by atoms with Crippen LogP contribution in [0.3, 0.4) is 0 Å². The van der Waals surface area contributed by atoms with Crippen LogP contribution in [0.5, 0.6) is 0 Å². The van der Waals surface area contributed by atoms with Gasteiger partial charge in [-0.3, -0.25) is 9.10 Å². The van der Waals surface area contributed by atoms with Crippen molar-refractivity contribution in [1.29, 1.82) is 0 Å². The Balaban J connectivity index is 1.75.